The number of nitrogens with two attached hydrogens (primary N) is 1. The molecule has 2 aromatic rings. The molecular formula is C10H6FN5O2. The zero-order valence-electron chi connectivity index (χ0n) is 8.85. The predicted octanol–water partition coefficient (Wildman–Crippen LogP) is 1.58. The lowest BCUT2D eigenvalue weighted by Gasteiger charge is -1.99. The van der Waals surface area contributed by atoms with Crippen LogP contribution in [0, 0.1) is 27.3 Å². The Morgan fingerprint density at radius 2 is 2.28 bits per heavy atom. The van der Waals surface area contributed by atoms with E-state index in [1.807, 2.05) is 6.07 Å². The minimum absolute atomic E-state index is 0.00809. The quantitative estimate of drug-likeness (QED) is 0.616. The molecule has 0 aliphatic carbocycles. The zero-order chi connectivity index (χ0) is 13.3. The smallest absolute Gasteiger partial charge is 0.304 e. The largest absolute Gasteiger partial charge is 0.381 e. The lowest BCUT2D eigenvalue weighted by molar-refractivity contribution is -0.387. The van der Waals surface area contributed by atoms with Crippen LogP contribution < -0.4 is 5.73 Å². The molecule has 0 saturated carbocycles. The number of rotatable bonds is 2. The van der Waals surface area contributed by atoms with Crippen molar-refractivity contribution in [3.8, 4) is 17.3 Å². The van der Waals surface area contributed by atoms with Gasteiger partial charge in [0.1, 0.15) is 11.6 Å². The van der Waals surface area contributed by atoms with Crippen molar-refractivity contribution in [2.24, 2.45) is 0 Å². The molecule has 0 aliphatic rings. The third-order valence-electron chi connectivity index (χ3n) is 2.34. The topological polar surface area (TPSA) is 122 Å². The lowest BCUT2D eigenvalue weighted by atomic mass is 10.1. The van der Waals surface area contributed by atoms with Crippen molar-refractivity contribution in [1.82, 2.24) is 10.2 Å². The van der Waals surface area contributed by atoms with Gasteiger partial charge in [0, 0.05) is 11.6 Å². The maximum absolute atomic E-state index is 13.4. The second-order valence-corrected chi connectivity index (χ2v) is 3.39. The molecule has 1 heterocycles. The first-order valence-corrected chi connectivity index (χ1v) is 4.73. The molecule has 2 rings (SSSR count). The Labute approximate surface area is 99.8 Å². The van der Waals surface area contributed by atoms with Crippen LogP contribution in [0.1, 0.15) is 5.56 Å². The fraction of sp³-hybridized carbons (Fsp3) is 0. The summed E-state index contributed by atoms with van der Waals surface area (Å²) in [7, 11) is 0. The van der Waals surface area contributed by atoms with E-state index in [0.29, 0.717) is 0 Å². The summed E-state index contributed by atoms with van der Waals surface area (Å²) in [5.74, 6) is -0.999. The van der Waals surface area contributed by atoms with Gasteiger partial charge in [-0.1, -0.05) is 0 Å². The van der Waals surface area contributed by atoms with Gasteiger partial charge in [-0.25, -0.2) is 0 Å². The van der Waals surface area contributed by atoms with Gasteiger partial charge in [0.05, 0.1) is 10.6 Å². The van der Waals surface area contributed by atoms with Gasteiger partial charge in [0.2, 0.25) is 5.82 Å². The molecule has 0 bridgehead atoms. The number of nitrogen functional groups attached to an aromatic ring is 1. The molecule has 3 N–H and O–H groups in total. The summed E-state index contributed by atoms with van der Waals surface area (Å²) < 4.78 is 13.4. The van der Waals surface area contributed by atoms with E-state index < -0.39 is 16.4 Å². The fourth-order valence-electron chi connectivity index (χ4n) is 1.49. The Bertz CT molecular complexity index is 673. The Morgan fingerprint density at radius 1 is 1.56 bits per heavy atom. The summed E-state index contributed by atoms with van der Waals surface area (Å²) in [6.07, 6.45) is 0. The highest BCUT2D eigenvalue weighted by Crippen LogP contribution is 2.28. The van der Waals surface area contributed by atoms with Gasteiger partial charge in [-0.3, -0.25) is 15.2 Å². The van der Waals surface area contributed by atoms with Gasteiger partial charge in [0.15, 0.2) is 5.82 Å². The van der Waals surface area contributed by atoms with Gasteiger partial charge >= 0.3 is 5.69 Å². The summed E-state index contributed by atoms with van der Waals surface area (Å²) in [6, 6.07) is 5.11. The summed E-state index contributed by atoms with van der Waals surface area (Å²) in [6.45, 7) is 0. The molecule has 8 heteroatoms. The molecule has 90 valence electrons. The molecule has 18 heavy (non-hydrogen) atoms. The predicted molar refractivity (Wildman–Crippen MR) is 59.8 cm³/mol. The van der Waals surface area contributed by atoms with Crippen LogP contribution in [0.5, 0.6) is 0 Å². The zero-order valence-corrected chi connectivity index (χ0v) is 8.85. The molecule has 1 aromatic carbocycles. The monoisotopic (exact) mass is 247 g/mol. The minimum atomic E-state index is -0.991. The van der Waals surface area contributed by atoms with Crippen LogP contribution in [-0.2, 0) is 0 Å². The van der Waals surface area contributed by atoms with E-state index in [1.165, 1.54) is 6.07 Å². The molecule has 7 nitrogen and oxygen atoms in total. The summed E-state index contributed by atoms with van der Waals surface area (Å²) >= 11 is 0. The number of anilines is 1. The average molecular weight is 247 g/mol. The molecular weight excluding hydrogens is 241 g/mol. The van der Waals surface area contributed by atoms with E-state index in [0.717, 1.165) is 12.1 Å². The Kier molecular flexibility index (Phi) is 2.65. The second kappa shape index (κ2) is 4.14. The van der Waals surface area contributed by atoms with E-state index in [-0.39, 0.29) is 22.6 Å². The average Bonchev–Trinajstić information content (AvgIpc) is 2.69. The maximum Gasteiger partial charge on any atom is 0.304 e. The van der Waals surface area contributed by atoms with Crippen molar-refractivity contribution >= 4 is 11.5 Å². The first-order chi connectivity index (χ1) is 8.54. The number of nitro benzene ring substituents is 1. The van der Waals surface area contributed by atoms with Crippen LogP contribution in [0.3, 0.4) is 0 Å². The molecule has 0 spiro atoms. The number of aromatic amines is 1. The van der Waals surface area contributed by atoms with E-state index in [1.54, 1.807) is 0 Å². The van der Waals surface area contributed by atoms with Crippen LogP contribution in [0.2, 0.25) is 0 Å². The van der Waals surface area contributed by atoms with E-state index in [9.17, 15) is 14.5 Å². The van der Waals surface area contributed by atoms with Crippen molar-refractivity contribution in [3.63, 3.8) is 0 Å². The van der Waals surface area contributed by atoms with Crippen LogP contribution in [0.15, 0.2) is 18.2 Å². The number of aromatic nitrogens is 2. The summed E-state index contributed by atoms with van der Waals surface area (Å²) in [4.78, 5) is 9.64. The van der Waals surface area contributed by atoms with E-state index >= 15 is 0 Å². The maximum atomic E-state index is 13.4. The van der Waals surface area contributed by atoms with Crippen LogP contribution in [0.25, 0.3) is 11.3 Å². The van der Waals surface area contributed by atoms with Gasteiger partial charge in [-0.05, 0) is 12.1 Å². The molecule has 0 saturated heterocycles. The Morgan fingerprint density at radius 3 is 2.83 bits per heavy atom. The molecule has 0 aliphatic heterocycles. The number of H-pyrrole nitrogens is 1. The number of nitrogens with one attached hydrogen (secondary N) is 1. The van der Waals surface area contributed by atoms with Gasteiger partial charge in [-0.15, -0.1) is 0 Å². The van der Waals surface area contributed by atoms with Gasteiger partial charge in [-0.2, -0.15) is 14.8 Å². The molecule has 0 fully saturated rings. The molecule has 0 unspecified atom stereocenters. The number of nitriles is 1. The number of nitrogens with zero attached hydrogens (tertiary/aromatic N) is 3. The van der Waals surface area contributed by atoms with Crippen LogP contribution in [0.4, 0.5) is 15.9 Å². The number of halogens is 1. The SMILES string of the molecule is N#Cc1c(N)n[nH]c1-c1ccc([N+](=O)[O-])c(F)c1. The van der Waals surface area contributed by atoms with Crippen molar-refractivity contribution in [1.29, 1.82) is 5.26 Å². The van der Waals surface area contributed by atoms with Crippen molar-refractivity contribution in [2.45, 2.75) is 0 Å². The number of nitro groups is 1. The van der Waals surface area contributed by atoms with Gasteiger partial charge < -0.3 is 5.73 Å². The number of hydrogen-bond donors (Lipinski definition) is 2. The van der Waals surface area contributed by atoms with Crippen LogP contribution >= 0.6 is 0 Å². The van der Waals surface area contributed by atoms with E-state index in [2.05, 4.69) is 10.2 Å². The number of benzene rings is 1. The Hall–Kier alpha value is -2.95. The van der Waals surface area contributed by atoms with E-state index in [4.69, 9.17) is 11.0 Å². The highest BCUT2D eigenvalue weighted by Gasteiger charge is 2.18. The first kappa shape index (κ1) is 11.5. The standard InChI is InChI=1S/C10H6FN5O2/c11-7-3-5(1-2-8(7)16(17)18)9-6(4-12)10(13)15-14-9/h1-3H,(H3,13,14,15). The molecule has 1 aromatic heterocycles. The first-order valence-electron chi connectivity index (χ1n) is 4.73. The normalized spacial score (nSPS) is 10.0. The molecule has 0 atom stereocenters. The molecule has 0 radical (unpaired) electrons. The molecule has 0 amide bonds. The summed E-state index contributed by atoms with van der Waals surface area (Å²) in [5, 5.41) is 25.4. The Balaban J connectivity index is 2.56. The van der Waals surface area contributed by atoms with Crippen molar-refractivity contribution in [3.05, 3.63) is 39.7 Å². The van der Waals surface area contributed by atoms with Crippen LogP contribution in [-0.4, -0.2) is 15.1 Å². The van der Waals surface area contributed by atoms with Crippen molar-refractivity contribution < 1.29 is 9.31 Å². The highest BCUT2D eigenvalue weighted by atomic mass is 19.1. The summed E-state index contributed by atoms with van der Waals surface area (Å²) in [5.41, 5.74) is 5.37. The van der Waals surface area contributed by atoms with Gasteiger partial charge in [0.25, 0.3) is 0 Å². The fourth-order valence-corrected chi connectivity index (χ4v) is 1.49. The third kappa shape index (κ3) is 1.73. The van der Waals surface area contributed by atoms with Crippen molar-refractivity contribution in [2.75, 3.05) is 5.73 Å². The lowest BCUT2D eigenvalue weighted by Crippen LogP contribution is -1.93. The highest BCUT2D eigenvalue weighted by molar-refractivity contribution is 5.72. The number of hydrogen-bond acceptors (Lipinski definition) is 5. The minimum Gasteiger partial charge on any atom is -0.381 e. The second-order valence-electron chi connectivity index (χ2n) is 3.39. The third-order valence-corrected chi connectivity index (χ3v) is 2.34.